The van der Waals surface area contributed by atoms with E-state index in [1.165, 1.54) is 6.26 Å². The fraction of sp³-hybridized carbons (Fsp3) is 0.533. The first-order chi connectivity index (χ1) is 10.3. The Morgan fingerprint density at radius 2 is 2.13 bits per heavy atom. The van der Waals surface area contributed by atoms with Gasteiger partial charge in [0.1, 0.15) is 12.4 Å². The molecule has 0 bridgehead atoms. The molecule has 23 heavy (non-hydrogen) atoms. The summed E-state index contributed by atoms with van der Waals surface area (Å²) >= 11 is 0. The van der Waals surface area contributed by atoms with Gasteiger partial charge in [-0.05, 0) is 31.1 Å². The maximum atomic E-state index is 12.1. The molecule has 0 aliphatic carbocycles. The van der Waals surface area contributed by atoms with Gasteiger partial charge in [0.2, 0.25) is 5.91 Å². The van der Waals surface area contributed by atoms with Crippen LogP contribution in [0.4, 0.5) is 5.69 Å². The first-order valence-electron chi connectivity index (χ1n) is 7.27. The van der Waals surface area contributed by atoms with Crippen LogP contribution in [0.15, 0.2) is 24.3 Å². The molecule has 0 aromatic heterocycles. The summed E-state index contributed by atoms with van der Waals surface area (Å²) in [5.74, 6) is 0.833. The smallest absolute Gasteiger partial charge is 0.227 e. The number of hydrogen-bond donors (Lipinski definition) is 2. The highest BCUT2D eigenvalue weighted by Gasteiger charge is 2.28. The van der Waals surface area contributed by atoms with Gasteiger partial charge in [0.25, 0.3) is 0 Å². The van der Waals surface area contributed by atoms with Crippen LogP contribution >= 0.6 is 12.4 Å². The van der Waals surface area contributed by atoms with Crippen LogP contribution in [0, 0.1) is 11.8 Å². The Bertz CT molecular complexity index is 632. The van der Waals surface area contributed by atoms with Gasteiger partial charge < -0.3 is 15.4 Å². The maximum absolute atomic E-state index is 12.1. The van der Waals surface area contributed by atoms with Crippen LogP contribution in [0.2, 0.25) is 0 Å². The lowest BCUT2D eigenvalue weighted by Crippen LogP contribution is -2.48. The zero-order valence-corrected chi connectivity index (χ0v) is 14.9. The molecule has 1 atom stereocenters. The van der Waals surface area contributed by atoms with Crippen molar-refractivity contribution in [3.05, 3.63) is 24.3 Å². The van der Waals surface area contributed by atoms with E-state index in [2.05, 4.69) is 10.6 Å². The molecule has 2 N–H and O–H groups in total. The number of carbonyl (C=O) groups excluding carboxylic acids is 1. The van der Waals surface area contributed by atoms with Crippen LogP contribution in [0.1, 0.15) is 6.92 Å². The number of nitrogens with one attached hydrogen (secondary N) is 2. The predicted molar refractivity (Wildman–Crippen MR) is 93.0 cm³/mol. The molecule has 8 heteroatoms. The van der Waals surface area contributed by atoms with E-state index in [1.54, 1.807) is 24.3 Å². The topological polar surface area (TPSA) is 84.5 Å². The molecule has 0 radical (unpaired) electrons. The van der Waals surface area contributed by atoms with E-state index in [0.29, 0.717) is 17.4 Å². The Kier molecular flexibility index (Phi) is 7.31. The number of halogens is 1. The number of carbonyl (C=O) groups is 1. The molecule has 1 amide bonds. The van der Waals surface area contributed by atoms with Gasteiger partial charge in [0.05, 0.1) is 5.75 Å². The van der Waals surface area contributed by atoms with Crippen LogP contribution in [-0.2, 0) is 14.6 Å². The van der Waals surface area contributed by atoms with E-state index in [0.717, 1.165) is 13.1 Å². The maximum Gasteiger partial charge on any atom is 0.227 e. The fourth-order valence-corrected chi connectivity index (χ4v) is 2.50. The lowest BCUT2D eigenvalue weighted by molar-refractivity contribution is -0.121. The summed E-state index contributed by atoms with van der Waals surface area (Å²) in [5.41, 5.74) is 0.654. The molecule has 2 rings (SSSR count). The van der Waals surface area contributed by atoms with E-state index in [-0.39, 0.29) is 36.6 Å². The van der Waals surface area contributed by atoms with Crippen molar-refractivity contribution >= 4 is 33.8 Å². The SMILES string of the molecule is CC(C(=O)Nc1cccc(OCCS(C)(=O)=O)c1)C1CNC1.Cl. The minimum Gasteiger partial charge on any atom is -0.492 e. The minimum absolute atomic E-state index is 0. The second-order valence-electron chi connectivity index (χ2n) is 5.70. The van der Waals surface area contributed by atoms with Crippen molar-refractivity contribution in [2.24, 2.45) is 11.8 Å². The van der Waals surface area contributed by atoms with Crippen LogP contribution in [0.3, 0.4) is 0 Å². The van der Waals surface area contributed by atoms with Crippen molar-refractivity contribution in [1.29, 1.82) is 0 Å². The lowest BCUT2D eigenvalue weighted by Gasteiger charge is -2.31. The Balaban J connectivity index is 0.00000264. The van der Waals surface area contributed by atoms with Crippen molar-refractivity contribution in [1.82, 2.24) is 5.32 Å². The average Bonchev–Trinajstić information content (AvgIpc) is 2.35. The highest BCUT2D eigenvalue weighted by molar-refractivity contribution is 7.90. The van der Waals surface area contributed by atoms with Gasteiger partial charge in [0, 0.05) is 23.9 Å². The zero-order chi connectivity index (χ0) is 16.2. The third-order valence-electron chi connectivity index (χ3n) is 3.76. The highest BCUT2D eigenvalue weighted by atomic mass is 35.5. The lowest BCUT2D eigenvalue weighted by atomic mass is 9.88. The molecule has 130 valence electrons. The molecule has 1 aromatic carbocycles. The molecule has 1 aromatic rings. The van der Waals surface area contributed by atoms with Gasteiger partial charge in [-0.3, -0.25) is 4.79 Å². The first-order valence-corrected chi connectivity index (χ1v) is 9.33. The van der Waals surface area contributed by atoms with E-state index >= 15 is 0 Å². The molecule has 1 unspecified atom stereocenters. The van der Waals surface area contributed by atoms with Gasteiger partial charge in [-0.25, -0.2) is 8.42 Å². The summed E-state index contributed by atoms with van der Waals surface area (Å²) in [6.45, 7) is 3.78. The molecule has 1 saturated heterocycles. The molecule has 1 fully saturated rings. The number of anilines is 1. The van der Waals surface area contributed by atoms with E-state index < -0.39 is 9.84 Å². The molecule has 1 heterocycles. The summed E-state index contributed by atoms with van der Waals surface area (Å²) in [4.78, 5) is 12.1. The van der Waals surface area contributed by atoms with Crippen LogP contribution in [0.25, 0.3) is 0 Å². The molecule has 0 spiro atoms. The van der Waals surface area contributed by atoms with Crippen molar-refractivity contribution in [3.8, 4) is 5.75 Å². The third kappa shape index (κ3) is 6.37. The molecule has 6 nitrogen and oxygen atoms in total. The number of ether oxygens (including phenoxy) is 1. The Morgan fingerprint density at radius 1 is 1.43 bits per heavy atom. The quantitative estimate of drug-likeness (QED) is 0.764. The van der Waals surface area contributed by atoms with Gasteiger partial charge in [-0.1, -0.05) is 13.0 Å². The molecule has 1 aliphatic rings. The fourth-order valence-electron chi connectivity index (χ4n) is 2.11. The van der Waals surface area contributed by atoms with E-state index in [1.807, 2.05) is 6.92 Å². The Morgan fingerprint density at radius 3 is 2.70 bits per heavy atom. The second-order valence-corrected chi connectivity index (χ2v) is 7.96. The summed E-state index contributed by atoms with van der Waals surface area (Å²) in [7, 11) is -3.04. The van der Waals surface area contributed by atoms with E-state index in [4.69, 9.17) is 4.74 Å². The van der Waals surface area contributed by atoms with Crippen LogP contribution in [0.5, 0.6) is 5.75 Å². The number of rotatable bonds is 7. The number of sulfone groups is 1. The van der Waals surface area contributed by atoms with Crippen LogP contribution in [-0.4, -0.2) is 46.0 Å². The van der Waals surface area contributed by atoms with Crippen molar-refractivity contribution in [2.75, 3.05) is 37.0 Å². The van der Waals surface area contributed by atoms with Crippen LogP contribution < -0.4 is 15.4 Å². The zero-order valence-electron chi connectivity index (χ0n) is 13.2. The number of hydrogen-bond acceptors (Lipinski definition) is 5. The van der Waals surface area contributed by atoms with Crippen molar-refractivity contribution in [3.63, 3.8) is 0 Å². The van der Waals surface area contributed by atoms with Gasteiger partial charge >= 0.3 is 0 Å². The highest BCUT2D eigenvalue weighted by Crippen LogP contribution is 2.21. The van der Waals surface area contributed by atoms with Crippen molar-refractivity contribution in [2.45, 2.75) is 6.92 Å². The summed E-state index contributed by atoms with van der Waals surface area (Å²) in [6, 6.07) is 6.98. The van der Waals surface area contributed by atoms with Gasteiger partial charge in [-0.2, -0.15) is 0 Å². The Hall–Kier alpha value is -1.31. The number of amides is 1. The standard InChI is InChI=1S/C15H22N2O4S.ClH/c1-11(12-9-16-10-12)15(18)17-13-4-3-5-14(8-13)21-6-7-22(2,19)20;/h3-5,8,11-12,16H,6-7,9-10H2,1-2H3,(H,17,18);1H. The first kappa shape index (κ1) is 19.7. The minimum atomic E-state index is -3.04. The summed E-state index contributed by atoms with van der Waals surface area (Å²) < 4.78 is 27.5. The predicted octanol–water partition coefficient (Wildman–Crippen LogP) is 1.33. The van der Waals surface area contributed by atoms with Gasteiger partial charge in [0.15, 0.2) is 9.84 Å². The Labute approximate surface area is 143 Å². The van der Waals surface area contributed by atoms with E-state index in [9.17, 15) is 13.2 Å². The normalized spacial score (nSPS) is 15.9. The summed E-state index contributed by atoms with van der Waals surface area (Å²) in [6.07, 6.45) is 1.17. The molecular weight excluding hydrogens is 340 g/mol. The third-order valence-corrected chi connectivity index (χ3v) is 4.67. The molecule has 0 saturated carbocycles. The summed E-state index contributed by atoms with van der Waals surface area (Å²) in [5, 5.41) is 6.03. The number of benzene rings is 1. The van der Waals surface area contributed by atoms with Crippen molar-refractivity contribution < 1.29 is 17.9 Å². The monoisotopic (exact) mass is 362 g/mol. The molecular formula is C15H23ClN2O4S. The average molecular weight is 363 g/mol. The molecule has 1 aliphatic heterocycles. The largest absolute Gasteiger partial charge is 0.492 e. The van der Waals surface area contributed by atoms with Gasteiger partial charge in [-0.15, -0.1) is 12.4 Å². The second kappa shape index (κ2) is 8.52.